The molecule has 25 heavy (non-hydrogen) atoms. The number of ether oxygens (including phenoxy) is 2. The van der Waals surface area contributed by atoms with E-state index in [1.165, 1.54) is 16.4 Å². The SMILES string of the molecule is O=S1(=O)CCC(N2CCN(S(=O)(=O)c3ccc4c(c3)OCO4)CC2)C1. The molecule has 1 atom stereocenters. The van der Waals surface area contributed by atoms with E-state index in [0.717, 1.165) is 0 Å². The summed E-state index contributed by atoms with van der Waals surface area (Å²) in [4.78, 5) is 2.28. The van der Waals surface area contributed by atoms with Crippen molar-refractivity contribution in [1.82, 2.24) is 9.21 Å². The maximum Gasteiger partial charge on any atom is 0.243 e. The largest absolute Gasteiger partial charge is 0.454 e. The van der Waals surface area contributed by atoms with Crippen molar-refractivity contribution in [3.8, 4) is 11.5 Å². The van der Waals surface area contributed by atoms with Gasteiger partial charge in [0, 0.05) is 38.3 Å². The molecule has 0 bridgehead atoms. The molecule has 1 aromatic rings. The first-order valence-electron chi connectivity index (χ1n) is 8.19. The molecule has 0 amide bonds. The maximum atomic E-state index is 12.8. The highest BCUT2D eigenvalue weighted by atomic mass is 32.2. The maximum absolute atomic E-state index is 12.8. The normalized spacial score (nSPS) is 26.8. The van der Waals surface area contributed by atoms with E-state index in [1.54, 1.807) is 6.07 Å². The summed E-state index contributed by atoms with van der Waals surface area (Å²) >= 11 is 0. The quantitative estimate of drug-likeness (QED) is 0.714. The van der Waals surface area contributed by atoms with Crippen molar-refractivity contribution in [2.75, 3.05) is 44.5 Å². The Balaban J connectivity index is 1.45. The molecule has 0 aromatic heterocycles. The molecule has 2 fully saturated rings. The Hall–Kier alpha value is -1.36. The number of sulfonamides is 1. The van der Waals surface area contributed by atoms with Gasteiger partial charge in [-0.3, -0.25) is 4.90 Å². The van der Waals surface area contributed by atoms with E-state index in [2.05, 4.69) is 4.90 Å². The average Bonchev–Trinajstić information content (AvgIpc) is 3.20. The van der Waals surface area contributed by atoms with Gasteiger partial charge in [-0.1, -0.05) is 0 Å². The van der Waals surface area contributed by atoms with Crippen LogP contribution in [0.2, 0.25) is 0 Å². The van der Waals surface area contributed by atoms with Crippen LogP contribution in [-0.4, -0.2) is 76.6 Å². The Morgan fingerprint density at radius 2 is 1.76 bits per heavy atom. The lowest BCUT2D eigenvalue weighted by Crippen LogP contribution is -2.52. The second-order valence-electron chi connectivity index (χ2n) is 6.51. The number of rotatable bonds is 3. The second kappa shape index (κ2) is 6.11. The number of piperazine rings is 1. The monoisotopic (exact) mass is 388 g/mol. The van der Waals surface area contributed by atoms with E-state index in [-0.39, 0.29) is 29.2 Å². The molecule has 2 saturated heterocycles. The van der Waals surface area contributed by atoms with Crippen molar-refractivity contribution < 1.29 is 26.3 Å². The second-order valence-corrected chi connectivity index (χ2v) is 10.7. The van der Waals surface area contributed by atoms with Crippen LogP contribution >= 0.6 is 0 Å². The number of benzene rings is 1. The standard InChI is InChI=1S/C15H20N2O6S2/c18-24(19)8-3-12(10-24)16-4-6-17(7-5-16)25(20,21)13-1-2-14-15(9-13)23-11-22-14/h1-2,9,12H,3-8,10-11H2. The topological polar surface area (TPSA) is 93.2 Å². The average molecular weight is 388 g/mol. The molecule has 0 spiro atoms. The Morgan fingerprint density at radius 1 is 1.04 bits per heavy atom. The Bertz CT molecular complexity index is 875. The number of fused-ring (bicyclic) bond motifs is 1. The van der Waals surface area contributed by atoms with Crippen LogP contribution in [0.15, 0.2) is 23.1 Å². The van der Waals surface area contributed by atoms with Gasteiger partial charge in [-0.25, -0.2) is 16.8 Å². The number of hydrogen-bond donors (Lipinski definition) is 0. The van der Waals surface area contributed by atoms with Gasteiger partial charge in [-0.15, -0.1) is 0 Å². The molecular formula is C15H20N2O6S2. The fourth-order valence-corrected chi connectivity index (χ4v) is 6.76. The Morgan fingerprint density at radius 3 is 2.44 bits per heavy atom. The first-order valence-corrected chi connectivity index (χ1v) is 11.5. The zero-order valence-electron chi connectivity index (χ0n) is 13.6. The van der Waals surface area contributed by atoms with Crippen LogP contribution in [0, 0.1) is 0 Å². The van der Waals surface area contributed by atoms with Crippen molar-refractivity contribution in [1.29, 1.82) is 0 Å². The number of sulfone groups is 1. The molecule has 0 radical (unpaired) electrons. The van der Waals surface area contributed by atoms with Gasteiger partial charge in [-0.2, -0.15) is 4.31 Å². The number of nitrogens with zero attached hydrogens (tertiary/aromatic N) is 2. The van der Waals surface area contributed by atoms with Crippen molar-refractivity contribution in [3.63, 3.8) is 0 Å². The highest BCUT2D eigenvalue weighted by Gasteiger charge is 2.36. The minimum atomic E-state index is -3.60. The summed E-state index contributed by atoms with van der Waals surface area (Å²) in [6.45, 7) is 1.90. The van der Waals surface area contributed by atoms with Crippen molar-refractivity contribution in [2.45, 2.75) is 17.4 Å². The molecule has 3 aliphatic rings. The Kier molecular flexibility index (Phi) is 4.18. The van der Waals surface area contributed by atoms with Crippen LogP contribution in [0.5, 0.6) is 11.5 Å². The summed E-state index contributed by atoms with van der Waals surface area (Å²) in [5.41, 5.74) is 0. The van der Waals surface area contributed by atoms with E-state index in [9.17, 15) is 16.8 Å². The van der Waals surface area contributed by atoms with E-state index in [0.29, 0.717) is 44.1 Å². The minimum absolute atomic E-state index is 0.0143. The van der Waals surface area contributed by atoms with Crippen LogP contribution in [0.1, 0.15) is 6.42 Å². The highest BCUT2D eigenvalue weighted by Crippen LogP contribution is 2.34. The van der Waals surface area contributed by atoms with Gasteiger partial charge in [0.15, 0.2) is 21.3 Å². The van der Waals surface area contributed by atoms with E-state index in [1.807, 2.05) is 0 Å². The van der Waals surface area contributed by atoms with E-state index >= 15 is 0 Å². The molecule has 0 N–H and O–H groups in total. The third kappa shape index (κ3) is 3.23. The lowest BCUT2D eigenvalue weighted by molar-refractivity contribution is 0.148. The fourth-order valence-electron chi connectivity index (χ4n) is 3.56. The lowest BCUT2D eigenvalue weighted by Gasteiger charge is -2.36. The molecule has 3 aliphatic heterocycles. The predicted octanol–water partition coefficient (Wildman–Crippen LogP) is -0.0913. The summed E-state index contributed by atoms with van der Waals surface area (Å²) in [6, 6.07) is 4.64. The van der Waals surface area contributed by atoms with Crippen molar-refractivity contribution in [3.05, 3.63) is 18.2 Å². The molecule has 1 aromatic carbocycles. The van der Waals surface area contributed by atoms with Gasteiger partial charge in [-0.05, 0) is 18.6 Å². The third-order valence-electron chi connectivity index (χ3n) is 4.98. The summed E-state index contributed by atoms with van der Waals surface area (Å²) < 4.78 is 60.8. The first-order chi connectivity index (χ1) is 11.9. The zero-order chi connectivity index (χ0) is 17.7. The summed E-state index contributed by atoms with van der Waals surface area (Å²) in [6.07, 6.45) is 0.636. The van der Waals surface area contributed by atoms with Crippen LogP contribution in [0.4, 0.5) is 0 Å². The molecule has 3 heterocycles. The van der Waals surface area contributed by atoms with Gasteiger partial charge >= 0.3 is 0 Å². The highest BCUT2D eigenvalue weighted by molar-refractivity contribution is 7.91. The summed E-state index contributed by atoms with van der Waals surface area (Å²) in [5, 5.41) is 0. The van der Waals surface area contributed by atoms with Crippen LogP contribution < -0.4 is 9.47 Å². The first kappa shape index (κ1) is 17.1. The predicted molar refractivity (Wildman–Crippen MR) is 90.0 cm³/mol. The number of hydrogen-bond acceptors (Lipinski definition) is 7. The van der Waals surface area contributed by atoms with Gasteiger partial charge in [0.2, 0.25) is 16.8 Å². The molecule has 0 aliphatic carbocycles. The smallest absolute Gasteiger partial charge is 0.243 e. The van der Waals surface area contributed by atoms with Gasteiger partial charge in [0.25, 0.3) is 0 Å². The molecule has 4 rings (SSSR count). The van der Waals surface area contributed by atoms with Crippen molar-refractivity contribution in [2.24, 2.45) is 0 Å². The van der Waals surface area contributed by atoms with Crippen LogP contribution in [0.3, 0.4) is 0 Å². The summed E-state index contributed by atoms with van der Waals surface area (Å²) in [7, 11) is -6.54. The third-order valence-corrected chi connectivity index (χ3v) is 8.62. The summed E-state index contributed by atoms with van der Waals surface area (Å²) in [5.74, 6) is 1.40. The van der Waals surface area contributed by atoms with E-state index < -0.39 is 19.9 Å². The van der Waals surface area contributed by atoms with Gasteiger partial charge in [0.1, 0.15) is 0 Å². The van der Waals surface area contributed by atoms with Crippen LogP contribution in [0.25, 0.3) is 0 Å². The molecule has 1 unspecified atom stereocenters. The minimum Gasteiger partial charge on any atom is -0.454 e. The van der Waals surface area contributed by atoms with Gasteiger partial charge in [0.05, 0.1) is 16.4 Å². The van der Waals surface area contributed by atoms with Crippen molar-refractivity contribution >= 4 is 19.9 Å². The molecular weight excluding hydrogens is 368 g/mol. The van der Waals surface area contributed by atoms with E-state index in [4.69, 9.17) is 9.47 Å². The van der Waals surface area contributed by atoms with Gasteiger partial charge < -0.3 is 9.47 Å². The molecule has 138 valence electrons. The molecule has 0 saturated carbocycles. The fraction of sp³-hybridized carbons (Fsp3) is 0.600. The molecule has 10 heteroatoms. The van der Waals surface area contributed by atoms with Crippen LogP contribution in [-0.2, 0) is 19.9 Å². The zero-order valence-corrected chi connectivity index (χ0v) is 15.3. The Labute approximate surface area is 147 Å². The lowest BCUT2D eigenvalue weighted by atomic mass is 10.2. The molecule has 8 nitrogen and oxygen atoms in total.